The molecule has 0 fully saturated rings. The molecule has 0 spiro atoms. The van der Waals surface area contributed by atoms with Crippen molar-refractivity contribution in [2.45, 2.75) is 24.9 Å². The molecule has 150 valence electrons. The van der Waals surface area contributed by atoms with Gasteiger partial charge in [-0.2, -0.15) is 39.5 Å². The van der Waals surface area contributed by atoms with E-state index in [-0.39, 0.29) is 11.6 Å². The zero-order valence-electron chi connectivity index (χ0n) is 13.6. The van der Waals surface area contributed by atoms with Crippen LogP contribution in [0.3, 0.4) is 0 Å². The van der Waals surface area contributed by atoms with E-state index < -0.39 is 64.5 Å². The van der Waals surface area contributed by atoms with Crippen LogP contribution in [0.4, 0.5) is 39.5 Å². The second kappa shape index (κ2) is 6.25. The van der Waals surface area contributed by atoms with Gasteiger partial charge < -0.3 is 0 Å². The van der Waals surface area contributed by atoms with Crippen molar-refractivity contribution in [3.05, 3.63) is 58.7 Å². The minimum absolute atomic E-state index is 0.0733. The number of Topliss-reactive ketones (excluding diaryl/α,β-unsaturated/α-hetero) is 1. The van der Waals surface area contributed by atoms with Gasteiger partial charge in [0.05, 0.1) is 11.1 Å². The molecule has 2 aromatic carbocycles. The lowest BCUT2D eigenvalue weighted by Gasteiger charge is -2.16. The van der Waals surface area contributed by atoms with Crippen LogP contribution in [0.2, 0.25) is 0 Å². The fourth-order valence-electron chi connectivity index (χ4n) is 3.16. The second-order valence-corrected chi connectivity index (χ2v) is 6.30. The Labute approximate surface area is 151 Å². The summed E-state index contributed by atoms with van der Waals surface area (Å²) in [5.74, 6) is -3.75. The maximum absolute atomic E-state index is 13.0. The molecular formula is C18H9F9O. The molecule has 1 unspecified atom stereocenters. The molecule has 1 atom stereocenters. The van der Waals surface area contributed by atoms with Gasteiger partial charge >= 0.3 is 18.5 Å². The third kappa shape index (κ3) is 3.59. The fraction of sp³-hybridized carbons (Fsp3) is 0.278. The van der Waals surface area contributed by atoms with Crippen LogP contribution >= 0.6 is 0 Å². The third-order valence-corrected chi connectivity index (χ3v) is 4.43. The van der Waals surface area contributed by atoms with Crippen LogP contribution in [0.25, 0.3) is 11.1 Å². The summed E-state index contributed by atoms with van der Waals surface area (Å²) in [5, 5.41) is 0. The number of hydrogen-bond acceptors (Lipinski definition) is 1. The quantitative estimate of drug-likeness (QED) is 0.502. The smallest absolute Gasteiger partial charge is 0.293 e. The molecule has 0 saturated heterocycles. The summed E-state index contributed by atoms with van der Waals surface area (Å²) >= 11 is 0. The summed E-state index contributed by atoms with van der Waals surface area (Å²) in [6, 6.07) is 4.10. The van der Waals surface area contributed by atoms with Gasteiger partial charge in [-0.3, -0.25) is 4.79 Å². The maximum atomic E-state index is 13.0. The van der Waals surface area contributed by atoms with Gasteiger partial charge in [-0.1, -0.05) is 18.2 Å². The van der Waals surface area contributed by atoms with Crippen molar-refractivity contribution in [3.63, 3.8) is 0 Å². The first-order chi connectivity index (χ1) is 12.7. The molecule has 1 nitrogen and oxygen atoms in total. The molecule has 3 rings (SSSR count). The van der Waals surface area contributed by atoms with Gasteiger partial charge in [-0.15, -0.1) is 0 Å². The molecule has 0 heterocycles. The van der Waals surface area contributed by atoms with E-state index >= 15 is 0 Å². The molecule has 2 aromatic rings. The number of hydrogen-bond donors (Lipinski definition) is 0. The highest BCUT2D eigenvalue weighted by atomic mass is 19.4. The predicted octanol–water partition coefficient (Wildman–Crippen LogP) is 6.31. The predicted molar refractivity (Wildman–Crippen MR) is 79.5 cm³/mol. The number of benzene rings is 2. The van der Waals surface area contributed by atoms with Crippen LogP contribution in [-0.4, -0.2) is 12.0 Å². The number of carbonyl (C=O) groups excluding carboxylic acids is 1. The van der Waals surface area contributed by atoms with Crippen LogP contribution in [0.15, 0.2) is 36.4 Å². The molecule has 28 heavy (non-hydrogen) atoms. The van der Waals surface area contributed by atoms with E-state index in [2.05, 4.69) is 0 Å². The Bertz CT molecular complexity index is 903. The number of alkyl halides is 9. The van der Waals surface area contributed by atoms with E-state index in [1.165, 1.54) is 12.1 Å². The van der Waals surface area contributed by atoms with Crippen molar-refractivity contribution < 1.29 is 44.3 Å². The topological polar surface area (TPSA) is 17.1 Å². The molecule has 1 aliphatic rings. The van der Waals surface area contributed by atoms with Crippen LogP contribution in [0.5, 0.6) is 0 Å². The van der Waals surface area contributed by atoms with Crippen molar-refractivity contribution in [1.29, 1.82) is 0 Å². The van der Waals surface area contributed by atoms with Crippen molar-refractivity contribution in [1.82, 2.24) is 0 Å². The van der Waals surface area contributed by atoms with Crippen molar-refractivity contribution >= 4 is 5.78 Å². The highest BCUT2D eigenvalue weighted by molar-refractivity contribution is 6.08. The van der Waals surface area contributed by atoms with E-state index in [1.54, 1.807) is 0 Å². The van der Waals surface area contributed by atoms with Gasteiger partial charge in [-0.25, -0.2) is 0 Å². The Morgan fingerprint density at radius 1 is 0.786 bits per heavy atom. The first kappa shape index (κ1) is 20.2. The van der Waals surface area contributed by atoms with Crippen LogP contribution in [-0.2, 0) is 18.8 Å². The average molecular weight is 412 g/mol. The Balaban J connectivity index is 2.23. The van der Waals surface area contributed by atoms with Gasteiger partial charge in [-0.05, 0) is 41.3 Å². The standard InChI is InChI=1S/C18H9F9O/c19-16(20,21)10-4-9(5-11(7-10)17(22,23)24)12-3-1-2-8-6-13(18(25,26)27)15(28)14(8)12/h1-5,7,13H,6H2. The fourth-order valence-corrected chi connectivity index (χ4v) is 3.16. The molecular weight excluding hydrogens is 403 g/mol. The largest absolute Gasteiger partial charge is 0.416 e. The third-order valence-electron chi connectivity index (χ3n) is 4.43. The lowest BCUT2D eigenvalue weighted by molar-refractivity contribution is -0.158. The Hall–Kier alpha value is -2.52. The highest BCUT2D eigenvalue weighted by Gasteiger charge is 2.50. The minimum Gasteiger partial charge on any atom is -0.293 e. The molecule has 10 heteroatoms. The number of carbonyl (C=O) groups is 1. The van der Waals surface area contributed by atoms with E-state index in [9.17, 15) is 44.3 Å². The van der Waals surface area contributed by atoms with E-state index in [1.807, 2.05) is 0 Å². The van der Waals surface area contributed by atoms with Crippen LogP contribution in [0, 0.1) is 5.92 Å². The summed E-state index contributed by atoms with van der Waals surface area (Å²) in [4.78, 5) is 12.2. The molecule has 0 N–H and O–H groups in total. The first-order valence-corrected chi connectivity index (χ1v) is 7.72. The lowest BCUT2D eigenvalue weighted by atomic mass is 9.93. The van der Waals surface area contributed by atoms with Gasteiger partial charge in [0, 0.05) is 5.56 Å². The van der Waals surface area contributed by atoms with Crippen molar-refractivity contribution in [2.75, 3.05) is 0 Å². The normalized spacial score (nSPS) is 17.8. The average Bonchev–Trinajstić information content (AvgIpc) is 2.90. The summed E-state index contributed by atoms with van der Waals surface area (Å²) < 4.78 is 117. The van der Waals surface area contributed by atoms with Gasteiger partial charge in [0.25, 0.3) is 0 Å². The lowest BCUT2D eigenvalue weighted by Crippen LogP contribution is -2.28. The number of rotatable bonds is 1. The summed E-state index contributed by atoms with van der Waals surface area (Å²) in [5.41, 5.74) is -4.84. The SMILES string of the molecule is O=C1c2c(cccc2-c2cc(C(F)(F)F)cc(C(F)(F)F)c2)CC1C(F)(F)F. The number of halogens is 9. The molecule has 0 aromatic heterocycles. The molecule has 0 radical (unpaired) electrons. The Kier molecular flexibility index (Phi) is 4.51. The van der Waals surface area contributed by atoms with Gasteiger partial charge in [0.1, 0.15) is 5.92 Å². The van der Waals surface area contributed by atoms with Crippen LogP contribution in [0.1, 0.15) is 27.0 Å². The maximum Gasteiger partial charge on any atom is 0.416 e. The van der Waals surface area contributed by atoms with Crippen molar-refractivity contribution in [3.8, 4) is 11.1 Å². The monoisotopic (exact) mass is 412 g/mol. The Morgan fingerprint density at radius 2 is 1.32 bits per heavy atom. The van der Waals surface area contributed by atoms with E-state index in [4.69, 9.17) is 0 Å². The highest BCUT2D eigenvalue weighted by Crippen LogP contribution is 2.44. The second-order valence-electron chi connectivity index (χ2n) is 6.30. The zero-order valence-corrected chi connectivity index (χ0v) is 13.6. The molecule has 1 aliphatic carbocycles. The minimum atomic E-state index is -5.12. The molecule has 0 saturated carbocycles. The summed E-state index contributed by atoms with van der Waals surface area (Å²) in [6.45, 7) is 0. The van der Waals surface area contributed by atoms with Crippen molar-refractivity contribution in [2.24, 2.45) is 5.92 Å². The Morgan fingerprint density at radius 3 is 1.79 bits per heavy atom. The first-order valence-electron chi connectivity index (χ1n) is 7.72. The zero-order chi connectivity index (χ0) is 21.1. The number of ketones is 1. The summed E-state index contributed by atoms with van der Waals surface area (Å²) in [6.07, 6.45) is -15.8. The number of fused-ring (bicyclic) bond motifs is 1. The van der Waals surface area contributed by atoms with Gasteiger partial charge in [0.2, 0.25) is 0 Å². The van der Waals surface area contributed by atoms with E-state index in [0.717, 1.165) is 6.07 Å². The molecule has 0 bridgehead atoms. The van der Waals surface area contributed by atoms with E-state index in [0.29, 0.717) is 12.1 Å². The summed E-state index contributed by atoms with van der Waals surface area (Å²) in [7, 11) is 0. The van der Waals surface area contributed by atoms with Gasteiger partial charge in [0.15, 0.2) is 5.78 Å². The molecule has 0 aliphatic heterocycles. The molecule has 0 amide bonds. The van der Waals surface area contributed by atoms with Crippen LogP contribution < -0.4 is 0 Å².